The van der Waals surface area contributed by atoms with Crippen LogP contribution in [0.5, 0.6) is 0 Å². The molecule has 0 spiro atoms. The quantitative estimate of drug-likeness (QED) is 0.737. The van der Waals surface area contributed by atoms with Crippen LogP contribution in [0.1, 0.15) is 53.4 Å². The van der Waals surface area contributed by atoms with Crippen LogP contribution >= 0.6 is 0 Å². The molecule has 0 aromatic heterocycles. The summed E-state index contributed by atoms with van der Waals surface area (Å²) >= 11 is 0. The van der Waals surface area contributed by atoms with E-state index in [1.807, 2.05) is 20.8 Å². The van der Waals surface area contributed by atoms with Gasteiger partial charge in [-0.2, -0.15) is 0 Å². The molecule has 0 saturated heterocycles. The molecule has 1 saturated carbocycles. The predicted molar refractivity (Wildman–Crippen MR) is 79.4 cm³/mol. The molecular weight excluding hydrogens is 252 g/mol. The molecule has 112 valence electrons. The van der Waals surface area contributed by atoms with Gasteiger partial charge in [0.05, 0.1) is 5.60 Å². The van der Waals surface area contributed by atoms with Gasteiger partial charge in [-0.3, -0.25) is 0 Å². The van der Waals surface area contributed by atoms with Crippen molar-refractivity contribution in [2.75, 3.05) is 6.61 Å². The minimum atomic E-state index is -0.459. The number of allylic oxidation sites excluding steroid dienone is 2. The molecule has 20 heavy (non-hydrogen) atoms. The first-order valence-corrected chi connectivity index (χ1v) is 7.54. The van der Waals surface area contributed by atoms with Gasteiger partial charge < -0.3 is 9.47 Å². The van der Waals surface area contributed by atoms with Crippen LogP contribution in [0.3, 0.4) is 0 Å². The van der Waals surface area contributed by atoms with E-state index in [1.54, 1.807) is 0 Å². The number of carbonyl (C=O) groups excluding carboxylic acids is 1. The van der Waals surface area contributed by atoms with Crippen LogP contribution in [-0.2, 0) is 14.3 Å². The minimum absolute atomic E-state index is 0.0158. The monoisotopic (exact) mass is 278 g/mol. The number of rotatable bonds is 3. The van der Waals surface area contributed by atoms with Gasteiger partial charge in [0, 0.05) is 5.92 Å². The van der Waals surface area contributed by atoms with Crippen molar-refractivity contribution in [1.82, 2.24) is 0 Å². The van der Waals surface area contributed by atoms with E-state index in [0.29, 0.717) is 5.92 Å². The smallest absolute Gasteiger partial charge is 0.332 e. The lowest BCUT2D eigenvalue weighted by molar-refractivity contribution is -0.166. The summed E-state index contributed by atoms with van der Waals surface area (Å²) in [4.78, 5) is 11.8. The van der Waals surface area contributed by atoms with Crippen LogP contribution in [0, 0.1) is 5.92 Å². The summed E-state index contributed by atoms with van der Waals surface area (Å²) in [5.41, 5.74) is 0.631. The van der Waals surface area contributed by atoms with Crippen LogP contribution in [-0.4, -0.2) is 23.8 Å². The van der Waals surface area contributed by atoms with E-state index in [9.17, 15) is 4.79 Å². The maximum atomic E-state index is 11.8. The third-order valence-electron chi connectivity index (χ3n) is 4.01. The van der Waals surface area contributed by atoms with Gasteiger partial charge in [-0.15, -0.1) is 0 Å². The van der Waals surface area contributed by atoms with Gasteiger partial charge in [0.1, 0.15) is 12.2 Å². The Kier molecular flexibility index (Phi) is 4.38. The normalized spacial score (nSPS) is 29.6. The van der Waals surface area contributed by atoms with Crippen molar-refractivity contribution in [3.05, 3.63) is 23.8 Å². The summed E-state index contributed by atoms with van der Waals surface area (Å²) in [5.74, 6) is 0.114. The molecule has 2 rings (SSSR count). The molecule has 3 heteroatoms. The van der Waals surface area contributed by atoms with E-state index in [-0.39, 0.29) is 18.2 Å². The fourth-order valence-electron chi connectivity index (χ4n) is 3.10. The molecule has 0 bridgehead atoms. The van der Waals surface area contributed by atoms with Crippen LogP contribution < -0.4 is 0 Å². The first-order valence-electron chi connectivity index (χ1n) is 7.54. The zero-order valence-electron chi connectivity index (χ0n) is 13.1. The molecule has 0 aliphatic heterocycles. The molecule has 2 atom stereocenters. The minimum Gasteiger partial charge on any atom is -0.458 e. The van der Waals surface area contributed by atoms with Gasteiger partial charge in [-0.1, -0.05) is 30.2 Å². The van der Waals surface area contributed by atoms with Crippen molar-refractivity contribution >= 4 is 5.97 Å². The number of esters is 1. The zero-order valence-corrected chi connectivity index (χ0v) is 13.1. The van der Waals surface area contributed by atoms with E-state index in [0.717, 1.165) is 12.8 Å². The number of carbonyl (C=O) groups is 1. The van der Waals surface area contributed by atoms with Gasteiger partial charge in [-0.25, -0.2) is 4.79 Å². The average molecular weight is 278 g/mol. The SMILES string of the molecule is CC(C)(C)OC(=O)COC1(C)C=CC=C2CCCCC21. The highest BCUT2D eigenvalue weighted by atomic mass is 16.6. The molecule has 2 unspecified atom stereocenters. The maximum Gasteiger partial charge on any atom is 0.332 e. The van der Waals surface area contributed by atoms with Gasteiger partial charge in [0.25, 0.3) is 0 Å². The summed E-state index contributed by atoms with van der Waals surface area (Å²) in [5, 5.41) is 0. The summed E-state index contributed by atoms with van der Waals surface area (Å²) in [7, 11) is 0. The van der Waals surface area contributed by atoms with Crippen LogP contribution in [0.2, 0.25) is 0 Å². The van der Waals surface area contributed by atoms with Crippen molar-refractivity contribution in [1.29, 1.82) is 0 Å². The summed E-state index contributed by atoms with van der Waals surface area (Å²) < 4.78 is 11.3. The van der Waals surface area contributed by atoms with E-state index < -0.39 is 5.60 Å². The second-order valence-electron chi connectivity index (χ2n) is 6.96. The van der Waals surface area contributed by atoms with Crippen molar-refractivity contribution in [2.24, 2.45) is 5.92 Å². The second kappa shape index (κ2) is 5.72. The number of hydrogen-bond acceptors (Lipinski definition) is 3. The van der Waals surface area contributed by atoms with Gasteiger partial charge in [-0.05, 0) is 47.0 Å². The molecule has 0 aromatic rings. The lowest BCUT2D eigenvalue weighted by Crippen LogP contribution is -2.41. The summed E-state index contributed by atoms with van der Waals surface area (Å²) in [6.45, 7) is 7.71. The molecule has 1 fully saturated rings. The third-order valence-corrected chi connectivity index (χ3v) is 4.01. The predicted octanol–water partition coefficient (Wildman–Crippen LogP) is 3.79. The number of fused-ring (bicyclic) bond motifs is 1. The maximum absolute atomic E-state index is 11.8. The van der Waals surface area contributed by atoms with Gasteiger partial charge >= 0.3 is 5.97 Å². The van der Waals surface area contributed by atoms with Crippen LogP contribution in [0.25, 0.3) is 0 Å². The number of hydrogen-bond donors (Lipinski definition) is 0. The Morgan fingerprint density at radius 1 is 1.40 bits per heavy atom. The van der Waals surface area contributed by atoms with Crippen molar-refractivity contribution in [3.8, 4) is 0 Å². The Hall–Kier alpha value is -1.09. The van der Waals surface area contributed by atoms with Crippen molar-refractivity contribution < 1.29 is 14.3 Å². The molecule has 2 aliphatic carbocycles. The highest BCUT2D eigenvalue weighted by Gasteiger charge is 2.38. The highest BCUT2D eigenvalue weighted by Crippen LogP contribution is 2.41. The Bertz CT molecular complexity index is 428. The van der Waals surface area contributed by atoms with Crippen LogP contribution in [0.4, 0.5) is 0 Å². The first-order chi connectivity index (χ1) is 9.30. The highest BCUT2D eigenvalue weighted by molar-refractivity contribution is 5.71. The topological polar surface area (TPSA) is 35.5 Å². The summed E-state index contributed by atoms with van der Waals surface area (Å²) in [6.07, 6.45) is 11.1. The lowest BCUT2D eigenvalue weighted by atomic mass is 9.72. The van der Waals surface area contributed by atoms with Crippen molar-refractivity contribution in [2.45, 2.75) is 64.6 Å². The first kappa shape index (κ1) is 15.3. The Morgan fingerprint density at radius 3 is 2.85 bits per heavy atom. The molecular formula is C17H26O3. The largest absolute Gasteiger partial charge is 0.458 e. The second-order valence-corrected chi connectivity index (χ2v) is 6.96. The third kappa shape index (κ3) is 3.72. The van der Waals surface area contributed by atoms with E-state index in [2.05, 4.69) is 25.2 Å². The molecule has 0 amide bonds. The molecule has 0 heterocycles. The fraction of sp³-hybridized carbons (Fsp3) is 0.706. The van der Waals surface area contributed by atoms with Crippen LogP contribution in [0.15, 0.2) is 23.8 Å². The van der Waals surface area contributed by atoms with E-state index >= 15 is 0 Å². The van der Waals surface area contributed by atoms with E-state index in [1.165, 1.54) is 18.4 Å². The van der Waals surface area contributed by atoms with Gasteiger partial charge in [0.2, 0.25) is 0 Å². The summed E-state index contributed by atoms with van der Waals surface area (Å²) in [6, 6.07) is 0. The molecule has 2 aliphatic rings. The zero-order chi connectivity index (χ0) is 14.8. The molecule has 3 nitrogen and oxygen atoms in total. The molecule has 0 aromatic carbocycles. The standard InChI is InChI=1S/C17H26O3/c1-16(2,3)20-15(18)12-19-17(4)11-7-9-13-8-5-6-10-14(13)17/h7,9,11,14H,5-6,8,10,12H2,1-4H3. The average Bonchev–Trinajstić information content (AvgIpc) is 2.35. The van der Waals surface area contributed by atoms with E-state index in [4.69, 9.17) is 9.47 Å². The molecule has 0 radical (unpaired) electrons. The molecule has 0 N–H and O–H groups in total. The number of ether oxygens (including phenoxy) is 2. The van der Waals surface area contributed by atoms with Crippen molar-refractivity contribution in [3.63, 3.8) is 0 Å². The lowest BCUT2D eigenvalue weighted by Gasteiger charge is -2.41. The Morgan fingerprint density at radius 2 is 2.15 bits per heavy atom. The van der Waals surface area contributed by atoms with Gasteiger partial charge in [0.15, 0.2) is 0 Å². The Labute approximate surface area is 122 Å². The Balaban J connectivity index is 1.96. The fourth-order valence-corrected chi connectivity index (χ4v) is 3.10.